The largest absolute Gasteiger partial charge is 0.329 e. The van der Waals surface area contributed by atoms with Gasteiger partial charge in [0.2, 0.25) is 0 Å². The summed E-state index contributed by atoms with van der Waals surface area (Å²) in [6.45, 7) is 7.88. The molecule has 3 heteroatoms. The van der Waals surface area contributed by atoms with E-state index in [1.165, 1.54) is 32.1 Å². The summed E-state index contributed by atoms with van der Waals surface area (Å²) in [5, 5.41) is 0. The van der Waals surface area contributed by atoms with Crippen LogP contribution in [0.15, 0.2) is 0 Å². The van der Waals surface area contributed by atoms with Crippen molar-refractivity contribution in [3.05, 3.63) is 0 Å². The molecular weight excluding hydrogens is 210 g/mol. The van der Waals surface area contributed by atoms with E-state index in [9.17, 15) is 0 Å². The molecule has 0 amide bonds. The van der Waals surface area contributed by atoms with Crippen LogP contribution in [0, 0.1) is 0 Å². The van der Waals surface area contributed by atoms with Gasteiger partial charge in [0, 0.05) is 37.3 Å². The molecule has 1 aliphatic carbocycles. The van der Waals surface area contributed by atoms with Crippen molar-refractivity contribution in [1.82, 2.24) is 9.80 Å². The van der Waals surface area contributed by atoms with Gasteiger partial charge in [0.05, 0.1) is 0 Å². The van der Waals surface area contributed by atoms with E-state index in [4.69, 9.17) is 5.73 Å². The van der Waals surface area contributed by atoms with E-state index >= 15 is 0 Å². The summed E-state index contributed by atoms with van der Waals surface area (Å²) in [7, 11) is 2.22. The molecule has 17 heavy (non-hydrogen) atoms. The molecule has 0 spiro atoms. The van der Waals surface area contributed by atoms with Crippen molar-refractivity contribution >= 4 is 0 Å². The Bertz CT molecular complexity index is 246. The number of likely N-dealkylation sites (N-methyl/N-ethyl adjacent to an activating group) is 1. The van der Waals surface area contributed by atoms with Gasteiger partial charge in [0.15, 0.2) is 0 Å². The van der Waals surface area contributed by atoms with Gasteiger partial charge >= 0.3 is 0 Å². The first kappa shape index (κ1) is 13.3. The van der Waals surface area contributed by atoms with Crippen molar-refractivity contribution in [3.8, 4) is 0 Å². The van der Waals surface area contributed by atoms with E-state index in [0.717, 1.165) is 25.7 Å². The predicted molar refractivity (Wildman–Crippen MR) is 73.1 cm³/mol. The van der Waals surface area contributed by atoms with Gasteiger partial charge in [-0.05, 0) is 33.7 Å². The Balaban J connectivity index is 2.07. The van der Waals surface area contributed by atoms with Crippen LogP contribution >= 0.6 is 0 Å². The zero-order valence-electron chi connectivity index (χ0n) is 11.8. The van der Waals surface area contributed by atoms with Gasteiger partial charge in [-0.3, -0.25) is 9.80 Å². The summed E-state index contributed by atoms with van der Waals surface area (Å²) in [4.78, 5) is 5.20. The van der Waals surface area contributed by atoms with Crippen molar-refractivity contribution in [2.45, 2.75) is 63.6 Å². The van der Waals surface area contributed by atoms with Crippen LogP contribution in [0.5, 0.6) is 0 Å². The lowest BCUT2D eigenvalue weighted by atomic mass is 9.87. The number of rotatable bonds is 2. The Labute approximate surface area is 106 Å². The normalized spacial score (nSPS) is 32.8. The molecule has 1 saturated carbocycles. The van der Waals surface area contributed by atoms with Crippen molar-refractivity contribution in [2.75, 3.05) is 26.7 Å². The van der Waals surface area contributed by atoms with E-state index in [2.05, 4.69) is 30.7 Å². The van der Waals surface area contributed by atoms with Gasteiger partial charge in [0.1, 0.15) is 0 Å². The molecule has 1 saturated heterocycles. The summed E-state index contributed by atoms with van der Waals surface area (Å²) in [5.74, 6) is 0. The van der Waals surface area contributed by atoms with Crippen LogP contribution < -0.4 is 5.73 Å². The Hall–Kier alpha value is -0.120. The summed E-state index contributed by atoms with van der Waals surface area (Å²) in [6.07, 6.45) is 7.06. The molecule has 1 unspecified atom stereocenters. The molecule has 2 aliphatic rings. The Morgan fingerprint density at radius 2 is 1.82 bits per heavy atom. The monoisotopic (exact) mass is 239 g/mol. The molecule has 2 rings (SSSR count). The molecule has 0 bridgehead atoms. The third-order valence-corrected chi connectivity index (χ3v) is 4.73. The van der Waals surface area contributed by atoms with Crippen LogP contribution in [-0.2, 0) is 0 Å². The number of nitrogens with two attached hydrogens (primary N) is 1. The first-order valence-corrected chi connectivity index (χ1v) is 7.21. The van der Waals surface area contributed by atoms with Crippen LogP contribution in [0.2, 0.25) is 0 Å². The lowest BCUT2D eigenvalue weighted by molar-refractivity contribution is -0.0392. The minimum Gasteiger partial charge on any atom is -0.329 e. The maximum atomic E-state index is 5.91. The molecule has 0 radical (unpaired) electrons. The highest BCUT2D eigenvalue weighted by atomic mass is 15.3. The van der Waals surface area contributed by atoms with Crippen LogP contribution in [0.25, 0.3) is 0 Å². The maximum Gasteiger partial charge on any atom is 0.0343 e. The summed E-state index contributed by atoms with van der Waals surface area (Å²) >= 11 is 0. The lowest BCUT2D eigenvalue weighted by Crippen LogP contribution is -2.66. The highest BCUT2D eigenvalue weighted by molar-refractivity contribution is 4.97. The fourth-order valence-corrected chi connectivity index (χ4v) is 3.73. The molecular formula is C14H29N3. The van der Waals surface area contributed by atoms with Gasteiger partial charge in [-0.25, -0.2) is 0 Å². The topological polar surface area (TPSA) is 32.5 Å². The first-order chi connectivity index (χ1) is 8.04. The molecule has 100 valence electrons. The SMILES string of the molecule is CN1CC(C)(C)N(C2CCCCC2)CC1CN. The maximum absolute atomic E-state index is 5.91. The van der Waals surface area contributed by atoms with Gasteiger partial charge in [-0.2, -0.15) is 0 Å². The van der Waals surface area contributed by atoms with Gasteiger partial charge < -0.3 is 5.73 Å². The standard InChI is InChI=1S/C14H29N3/c1-14(2)11-16(3)13(9-15)10-17(14)12-7-5-4-6-8-12/h12-13H,4-11,15H2,1-3H3. The number of piperazine rings is 1. The van der Waals surface area contributed by atoms with E-state index in [-0.39, 0.29) is 0 Å². The highest BCUT2D eigenvalue weighted by Crippen LogP contribution is 2.31. The van der Waals surface area contributed by atoms with Crippen molar-refractivity contribution < 1.29 is 0 Å². The summed E-state index contributed by atoms with van der Waals surface area (Å²) < 4.78 is 0. The van der Waals surface area contributed by atoms with E-state index < -0.39 is 0 Å². The van der Waals surface area contributed by atoms with Gasteiger partial charge in [-0.1, -0.05) is 19.3 Å². The van der Waals surface area contributed by atoms with Gasteiger partial charge in [-0.15, -0.1) is 0 Å². The second-order valence-corrected chi connectivity index (χ2v) is 6.56. The Morgan fingerprint density at radius 3 is 2.41 bits per heavy atom. The molecule has 1 aliphatic heterocycles. The van der Waals surface area contributed by atoms with E-state index in [1.54, 1.807) is 0 Å². The third kappa shape index (κ3) is 2.83. The van der Waals surface area contributed by atoms with E-state index in [0.29, 0.717) is 11.6 Å². The van der Waals surface area contributed by atoms with E-state index in [1.807, 2.05) is 0 Å². The number of nitrogens with zero attached hydrogens (tertiary/aromatic N) is 2. The molecule has 1 atom stereocenters. The number of hydrogen-bond acceptors (Lipinski definition) is 3. The van der Waals surface area contributed by atoms with Crippen molar-refractivity contribution in [1.29, 1.82) is 0 Å². The highest BCUT2D eigenvalue weighted by Gasteiger charge is 2.40. The molecule has 2 fully saturated rings. The second-order valence-electron chi connectivity index (χ2n) is 6.56. The smallest absolute Gasteiger partial charge is 0.0343 e. The van der Waals surface area contributed by atoms with Crippen LogP contribution in [-0.4, -0.2) is 54.1 Å². The average Bonchev–Trinajstić information content (AvgIpc) is 2.29. The van der Waals surface area contributed by atoms with Crippen LogP contribution in [0.3, 0.4) is 0 Å². The quantitative estimate of drug-likeness (QED) is 0.795. The van der Waals surface area contributed by atoms with Crippen molar-refractivity contribution in [3.63, 3.8) is 0 Å². The minimum atomic E-state index is 0.308. The zero-order chi connectivity index (χ0) is 12.5. The Morgan fingerprint density at radius 1 is 1.18 bits per heavy atom. The number of hydrogen-bond donors (Lipinski definition) is 1. The molecule has 0 aromatic rings. The predicted octanol–water partition coefficient (Wildman–Crippen LogP) is 1.67. The molecule has 1 heterocycles. The van der Waals surface area contributed by atoms with Crippen LogP contribution in [0.4, 0.5) is 0 Å². The van der Waals surface area contributed by atoms with Crippen LogP contribution in [0.1, 0.15) is 46.0 Å². The summed E-state index contributed by atoms with van der Waals surface area (Å²) in [5.41, 5.74) is 6.21. The molecule has 3 nitrogen and oxygen atoms in total. The minimum absolute atomic E-state index is 0.308. The summed E-state index contributed by atoms with van der Waals surface area (Å²) in [6, 6.07) is 1.35. The van der Waals surface area contributed by atoms with Gasteiger partial charge in [0.25, 0.3) is 0 Å². The molecule has 0 aromatic heterocycles. The van der Waals surface area contributed by atoms with Crippen molar-refractivity contribution in [2.24, 2.45) is 5.73 Å². The second kappa shape index (κ2) is 5.25. The Kier molecular flexibility index (Phi) is 4.11. The first-order valence-electron chi connectivity index (χ1n) is 7.21. The fraction of sp³-hybridized carbons (Fsp3) is 1.00. The lowest BCUT2D eigenvalue weighted by Gasteiger charge is -2.53. The molecule has 0 aromatic carbocycles. The molecule has 2 N–H and O–H groups in total. The fourth-order valence-electron chi connectivity index (χ4n) is 3.73. The third-order valence-electron chi connectivity index (χ3n) is 4.73. The zero-order valence-corrected chi connectivity index (χ0v) is 11.8. The average molecular weight is 239 g/mol.